The number of hydrogen-bond acceptors (Lipinski definition) is 7. The van der Waals surface area contributed by atoms with Gasteiger partial charge in [-0.15, -0.1) is 0 Å². The minimum absolute atomic E-state index is 0.000772. The minimum atomic E-state index is -4.17. The van der Waals surface area contributed by atoms with Crippen molar-refractivity contribution >= 4 is 27.3 Å². The van der Waals surface area contributed by atoms with Crippen LogP contribution in [0.3, 0.4) is 0 Å². The van der Waals surface area contributed by atoms with Crippen LogP contribution in [0.25, 0.3) is 0 Å². The quantitative estimate of drug-likeness (QED) is 0.251. The third kappa shape index (κ3) is 6.23. The van der Waals surface area contributed by atoms with Crippen LogP contribution >= 0.6 is 0 Å². The van der Waals surface area contributed by atoms with Crippen LogP contribution in [0.1, 0.15) is 0 Å². The number of sulfonamides is 1. The molecule has 0 fully saturated rings. The van der Waals surface area contributed by atoms with Crippen LogP contribution < -0.4 is 19.1 Å². The number of nitro benzene ring substituents is 1. The summed E-state index contributed by atoms with van der Waals surface area (Å²) >= 11 is 0. The fourth-order valence-electron chi connectivity index (χ4n) is 3.03. The summed E-state index contributed by atoms with van der Waals surface area (Å²) in [6.45, 7) is -0.317. The van der Waals surface area contributed by atoms with Crippen molar-refractivity contribution < 1.29 is 27.6 Å². The van der Waals surface area contributed by atoms with E-state index in [0.717, 1.165) is 10.4 Å². The second-order valence-electron chi connectivity index (χ2n) is 6.98. The summed E-state index contributed by atoms with van der Waals surface area (Å²) in [5.41, 5.74) is -0.293. The van der Waals surface area contributed by atoms with Crippen LogP contribution in [-0.4, -0.2) is 46.1 Å². The Morgan fingerprint density at radius 2 is 1.71 bits per heavy atom. The highest BCUT2D eigenvalue weighted by Crippen LogP contribution is 2.26. The Morgan fingerprint density at radius 1 is 1.00 bits per heavy atom. The van der Waals surface area contributed by atoms with Gasteiger partial charge < -0.3 is 14.8 Å². The first kappa shape index (κ1) is 24.5. The number of ether oxygens (including phenoxy) is 2. The number of nitrogens with zero attached hydrogens (tertiary/aromatic N) is 2. The molecule has 0 unspecified atom stereocenters. The molecule has 0 aliphatic heterocycles. The molecule has 11 heteroatoms. The zero-order valence-electron chi connectivity index (χ0n) is 18.3. The normalized spacial score (nSPS) is 10.9. The number of benzene rings is 3. The van der Waals surface area contributed by atoms with E-state index >= 15 is 0 Å². The average Bonchev–Trinajstić information content (AvgIpc) is 2.85. The molecule has 0 aromatic heterocycles. The van der Waals surface area contributed by atoms with Crippen LogP contribution in [0.15, 0.2) is 83.8 Å². The van der Waals surface area contributed by atoms with Crippen molar-refractivity contribution in [2.24, 2.45) is 0 Å². The van der Waals surface area contributed by atoms with Crippen LogP contribution in [0.4, 0.5) is 11.4 Å². The summed E-state index contributed by atoms with van der Waals surface area (Å²) in [6, 6.07) is 19.6. The Bertz CT molecular complexity index is 1250. The molecule has 178 valence electrons. The largest absolute Gasteiger partial charge is 0.497 e. The van der Waals surface area contributed by atoms with Gasteiger partial charge in [0.25, 0.3) is 15.7 Å². The molecule has 0 saturated carbocycles. The monoisotopic (exact) mass is 485 g/mol. The molecule has 0 saturated heterocycles. The molecule has 34 heavy (non-hydrogen) atoms. The van der Waals surface area contributed by atoms with E-state index in [0.29, 0.717) is 11.5 Å². The fourth-order valence-corrected chi connectivity index (χ4v) is 4.47. The zero-order chi connectivity index (χ0) is 24.6. The van der Waals surface area contributed by atoms with Crippen LogP contribution in [-0.2, 0) is 14.8 Å². The number of anilines is 1. The maximum atomic E-state index is 13.3. The molecule has 10 nitrogen and oxygen atoms in total. The molecular weight excluding hydrogens is 462 g/mol. The first-order valence-electron chi connectivity index (χ1n) is 10.2. The lowest BCUT2D eigenvalue weighted by Gasteiger charge is -2.24. The highest BCUT2D eigenvalue weighted by molar-refractivity contribution is 7.92. The summed E-state index contributed by atoms with van der Waals surface area (Å²) in [6.07, 6.45) is 0. The van der Waals surface area contributed by atoms with Gasteiger partial charge in [0.2, 0.25) is 5.91 Å². The molecule has 3 aromatic rings. The van der Waals surface area contributed by atoms with Crippen molar-refractivity contribution in [2.45, 2.75) is 4.90 Å². The zero-order valence-corrected chi connectivity index (χ0v) is 19.1. The Kier molecular flexibility index (Phi) is 8.04. The van der Waals surface area contributed by atoms with E-state index in [-0.39, 0.29) is 29.4 Å². The van der Waals surface area contributed by atoms with Crippen molar-refractivity contribution in [1.82, 2.24) is 5.32 Å². The van der Waals surface area contributed by atoms with Gasteiger partial charge in [0.05, 0.1) is 29.2 Å². The molecule has 0 aliphatic carbocycles. The minimum Gasteiger partial charge on any atom is -0.497 e. The van der Waals surface area contributed by atoms with Gasteiger partial charge in [-0.2, -0.15) is 0 Å². The maximum Gasteiger partial charge on any atom is 0.271 e. The third-order valence-corrected chi connectivity index (χ3v) is 6.47. The Hall–Kier alpha value is -4.12. The lowest BCUT2D eigenvalue weighted by Crippen LogP contribution is -2.41. The molecule has 3 aromatic carbocycles. The average molecular weight is 486 g/mol. The molecule has 3 rings (SSSR count). The summed E-state index contributed by atoms with van der Waals surface area (Å²) < 4.78 is 38.1. The van der Waals surface area contributed by atoms with Crippen molar-refractivity contribution in [3.05, 3.63) is 89.0 Å². The molecule has 0 heterocycles. The lowest BCUT2D eigenvalue weighted by molar-refractivity contribution is -0.384. The smallest absolute Gasteiger partial charge is 0.271 e. The van der Waals surface area contributed by atoms with Crippen molar-refractivity contribution in [1.29, 1.82) is 0 Å². The van der Waals surface area contributed by atoms with Crippen LogP contribution in [0, 0.1) is 10.1 Å². The topological polar surface area (TPSA) is 128 Å². The molecule has 0 bridgehead atoms. The standard InChI is InChI=1S/C23H23N3O7S/c1-32-20-9-6-10-21(16-20)33-14-13-24-23(27)17-25(18-7-5-8-19(15-18)26(28)29)34(30,31)22-11-3-2-4-12-22/h2-12,15-16H,13-14,17H2,1H3,(H,24,27). The highest BCUT2D eigenvalue weighted by Gasteiger charge is 2.28. The van der Waals surface area contributed by atoms with E-state index < -0.39 is 27.4 Å². The number of methoxy groups -OCH3 is 1. The second-order valence-corrected chi connectivity index (χ2v) is 8.84. The predicted octanol–water partition coefficient (Wildman–Crippen LogP) is 2.99. The maximum absolute atomic E-state index is 13.3. The van der Waals surface area contributed by atoms with E-state index in [9.17, 15) is 23.3 Å². The Balaban J connectivity index is 1.73. The molecule has 0 radical (unpaired) electrons. The van der Waals surface area contributed by atoms with E-state index in [1.165, 1.54) is 37.4 Å². The van der Waals surface area contributed by atoms with E-state index in [2.05, 4.69) is 5.32 Å². The number of nitrogens with one attached hydrogen (secondary N) is 1. The molecule has 0 spiro atoms. The number of nitro groups is 1. The number of carbonyl (C=O) groups excluding carboxylic acids is 1. The summed E-state index contributed by atoms with van der Waals surface area (Å²) in [7, 11) is -2.63. The first-order valence-corrected chi connectivity index (χ1v) is 11.6. The molecule has 1 amide bonds. The van der Waals surface area contributed by atoms with Gasteiger partial charge in [-0.1, -0.05) is 30.3 Å². The van der Waals surface area contributed by atoms with Crippen LogP contribution in [0.5, 0.6) is 11.5 Å². The molecule has 0 atom stereocenters. The van der Waals surface area contributed by atoms with E-state index in [1.807, 2.05) is 0 Å². The number of amides is 1. The van der Waals surface area contributed by atoms with E-state index in [4.69, 9.17) is 9.47 Å². The number of hydrogen-bond donors (Lipinski definition) is 1. The Labute approximate surface area is 196 Å². The van der Waals surface area contributed by atoms with Gasteiger partial charge in [-0.25, -0.2) is 8.42 Å². The highest BCUT2D eigenvalue weighted by atomic mass is 32.2. The van der Waals surface area contributed by atoms with Gasteiger partial charge in [0.1, 0.15) is 24.7 Å². The van der Waals surface area contributed by atoms with Gasteiger partial charge in [0.15, 0.2) is 0 Å². The number of carbonyl (C=O) groups is 1. The third-order valence-electron chi connectivity index (χ3n) is 4.68. The first-order chi connectivity index (χ1) is 16.3. The fraction of sp³-hybridized carbons (Fsp3) is 0.174. The van der Waals surface area contributed by atoms with Gasteiger partial charge in [-0.05, 0) is 30.3 Å². The Morgan fingerprint density at radius 3 is 2.41 bits per heavy atom. The van der Waals surface area contributed by atoms with Crippen molar-refractivity contribution in [3.63, 3.8) is 0 Å². The summed E-state index contributed by atoms with van der Waals surface area (Å²) in [5, 5.41) is 13.8. The second kappa shape index (κ2) is 11.1. The lowest BCUT2D eigenvalue weighted by atomic mass is 10.3. The molecule has 0 aliphatic rings. The van der Waals surface area contributed by atoms with Gasteiger partial charge in [0, 0.05) is 18.2 Å². The van der Waals surface area contributed by atoms with Gasteiger partial charge in [-0.3, -0.25) is 19.2 Å². The summed E-state index contributed by atoms with van der Waals surface area (Å²) in [4.78, 5) is 23.1. The molecule has 1 N–H and O–H groups in total. The van der Waals surface area contributed by atoms with Crippen molar-refractivity contribution in [3.8, 4) is 11.5 Å². The summed E-state index contributed by atoms with van der Waals surface area (Å²) in [5.74, 6) is 0.582. The predicted molar refractivity (Wildman–Crippen MR) is 126 cm³/mol. The SMILES string of the molecule is COc1cccc(OCCNC(=O)CN(c2cccc([N+](=O)[O-])c2)S(=O)(=O)c2ccccc2)c1. The molecular formula is C23H23N3O7S. The van der Waals surface area contributed by atoms with Crippen LogP contribution in [0.2, 0.25) is 0 Å². The van der Waals surface area contributed by atoms with Crippen molar-refractivity contribution in [2.75, 3.05) is 31.1 Å². The number of non-ortho nitro benzene ring substituents is 1. The van der Waals surface area contributed by atoms with E-state index in [1.54, 1.807) is 42.5 Å². The number of rotatable bonds is 11. The van der Waals surface area contributed by atoms with Gasteiger partial charge >= 0.3 is 0 Å².